The van der Waals surface area contributed by atoms with Crippen molar-refractivity contribution in [2.24, 2.45) is 0 Å². The topological polar surface area (TPSA) is 16.4 Å². The van der Waals surface area contributed by atoms with Gasteiger partial charge in [0.15, 0.2) is 0 Å². The summed E-state index contributed by atoms with van der Waals surface area (Å²) in [6, 6.07) is 6.50. The number of furan rings is 1. The molecular weight excluding hydrogens is 222 g/mol. The summed E-state index contributed by atoms with van der Waals surface area (Å²) in [7, 11) is 2.15. The normalized spacial score (nSPS) is 17.2. The third-order valence-corrected chi connectivity index (χ3v) is 3.83. The number of hydrogen-bond donors (Lipinski definition) is 0. The van der Waals surface area contributed by atoms with Gasteiger partial charge in [-0.05, 0) is 50.1 Å². The van der Waals surface area contributed by atoms with Crippen LogP contribution in [-0.4, -0.2) is 25.0 Å². The van der Waals surface area contributed by atoms with Crippen molar-refractivity contribution in [1.82, 2.24) is 4.90 Å². The second-order valence-corrected chi connectivity index (χ2v) is 5.29. The smallest absolute Gasteiger partial charge is 0.137 e. The molecule has 1 aliphatic rings. The zero-order chi connectivity index (χ0) is 12.7. The largest absolute Gasteiger partial charge is 0.456 e. The summed E-state index contributed by atoms with van der Waals surface area (Å²) in [5.41, 5.74) is 4.91. The molecule has 2 heterocycles. The Hall–Kier alpha value is -1.54. The van der Waals surface area contributed by atoms with Crippen molar-refractivity contribution in [3.8, 4) is 0 Å². The Kier molecular flexibility index (Phi) is 2.75. The minimum Gasteiger partial charge on any atom is -0.456 e. The van der Waals surface area contributed by atoms with Gasteiger partial charge in [0.1, 0.15) is 11.3 Å². The van der Waals surface area contributed by atoms with Crippen LogP contribution in [0.4, 0.5) is 0 Å². The average Bonchev–Trinajstić information content (AvgIpc) is 2.81. The molecule has 0 unspecified atom stereocenters. The molecule has 0 aliphatic carbocycles. The molecule has 2 nitrogen and oxygen atoms in total. The molecule has 0 amide bonds. The van der Waals surface area contributed by atoms with Crippen molar-refractivity contribution in [2.75, 3.05) is 20.1 Å². The van der Waals surface area contributed by atoms with Crippen LogP contribution in [-0.2, 0) is 0 Å². The Morgan fingerprint density at radius 2 is 1.94 bits per heavy atom. The van der Waals surface area contributed by atoms with Gasteiger partial charge in [-0.25, -0.2) is 0 Å². The Balaban J connectivity index is 2.09. The fourth-order valence-corrected chi connectivity index (χ4v) is 2.55. The van der Waals surface area contributed by atoms with Gasteiger partial charge in [-0.15, -0.1) is 0 Å². The van der Waals surface area contributed by atoms with Crippen LogP contribution in [0.25, 0.3) is 16.5 Å². The Labute approximate surface area is 108 Å². The zero-order valence-electron chi connectivity index (χ0n) is 11.3. The lowest BCUT2D eigenvalue weighted by Crippen LogP contribution is -2.23. The van der Waals surface area contributed by atoms with Crippen molar-refractivity contribution >= 4 is 16.5 Å². The molecule has 2 heteroatoms. The van der Waals surface area contributed by atoms with Crippen LogP contribution in [0.3, 0.4) is 0 Å². The minimum atomic E-state index is 1.02. The van der Waals surface area contributed by atoms with E-state index in [4.69, 9.17) is 4.42 Å². The van der Waals surface area contributed by atoms with Crippen LogP contribution in [0.15, 0.2) is 28.7 Å². The van der Waals surface area contributed by atoms with E-state index in [-0.39, 0.29) is 0 Å². The zero-order valence-corrected chi connectivity index (χ0v) is 11.3. The summed E-state index contributed by atoms with van der Waals surface area (Å²) < 4.78 is 6.07. The van der Waals surface area contributed by atoms with Gasteiger partial charge in [-0.3, -0.25) is 0 Å². The summed E-state index contributed by atoms with van der Waals surface area (Å²) in [6.07, 6.45) is 3.36. The maximum atomic E-state index is 6.07. The number of nitrogens with zero attached hydrogens (tertiary/aromatic N) is 1. The van der Waals surface area contributed by atoms with Gasteiger partial charge in [0, 0.05) is 18.5 Å². The first kappa shape index (κ1) is 11.5. The summed E-state index contributed by atoms with van der Waals surface area (Å²) in [5, 5.41) is 1.25. The highest BCUT2D eigenvalue weighted by Crippen LogP contribution is 2.31. The molecule has 3 rings (SSSR count). The van der Waals surface area contributed by atoms with Crippen molar-refractivity contribution in [1.29, 1.82) is 0 Å². The predicted octanol–water partition coefficient (Wildman–Crippen LogP) is 3.77. The summed E-state index contributed by atoms with van der Waals surface area (Å²) in [4.78, 5) is 2.32. The highest BCUT2D eigenvalue weighted by atomic mass is 16.3. The quantitative estimate of drug-likeness (QED) is 0.755. The van der Waals surface area contributed by atoms with E-state index in [9.17, 15) is 0 Å². The van der Waals surface area contributed by atoms with Crippen LogP contribution < -0.4 is 0 Å². The second-order valence-electron chi connectivity index (χ2n) is 5.29. The first-order valence-corrected chi connectivity index (χ1v) is 6.53. The molecule has 1 aliphatic heterocycles. The minimum absolute atomic E-state index is 1.02. The molecular formula is C16H19NO. The first-order chi connectivity index (χ1) is 8.65. The van der Waals surface area contributed by atoms with Gasteiger partial charge in [0.2, 0.25) is 0 Å². The lowest BCUT2D eigenvalue weighted by atomic mass is 10.0. The molecule has 0 atom stereocenters. The molecule has 0 N–H and O–H groups in total. The van der Waals surface area contributed by atoms with Gasteiger partial charge in [-0.1, -0.05) is 18.2 Å². The Bertz CT molecular complexity index is 582. The number of likely N-dealkylation sites (N-methyl/N-ethyl adjacent to an activating group) is 1. The molecule has 18 heavy (non-hydrogen) atoms. The number of hydrogen-bond acceptors (Lipinski definition) is 2. The van der Waals surface area contributed by atoms with E-state index in [1.54, 1.807) is 0 Å². The van der Waals surface area contributed by atoms with Crippen molar-refractivity contribution in [3.05, 3.63) is 41.2 Å². The van der Waals surface area contributed by atoms with E-state index in [0.717, 1.165) is 30.9 Å². The van der Waals surface area contributed by atoms with E-state index in [1.165, 1.54) is 22.1 Å². The van der Waals surface area contributed by atoms with Crippen LogP contribution in [0, 0.1) is 13.8 Å². The van der Waals surface area contributed by atoms with E-state index in [0.29, 0.717) is 0 Å². The van der Waals surface area contributed by atoms with E-state index in [1.807, 2.05) is 0 Å². The van der Waals surface area contributed by atoms with Gasteiger partial charge in [0.25, 0.3) is 0 Å². The van der Waals surface area contributed by atoms with Crippen molar-refractivity contribution in [2.45, 2.75) is 20.3 Å². The molecule has 2 aromatic rings. The summed E-state index contributed by atoms with van der Waals surface area (Å²) >= 11 is 0. The van der Waals surface area contributed by atoms with Gasteiger partial charge < -0.3 is 9.32 Å². The van der Waals surface area contributed by atoms with E-state index in [2.05, 4.69) is 50.1 Å². The highest BCUT2D eigenvalue weighted by molar-refractivity contribution is 5.87. The van der Waals surface area contributed by atoms with E-state index < -0.39 is 0 Å². The summed E-state index contributed by atoms with van der Waals surface area (Å²) in [6.45, 7) is 6.38. The van der Waals surface area contributed by atoms with Crippen LogP contribution in [0.1, 0.15) is 23.3 Å². The average molecular weight is 241 g/mol. The molecule has 94 valence electrons. The first-order valence-electron chi connectivity index (χ1n) is 6.53. The molecule has 1 aromatic heterocycles. The number of fused-ring (bicyclic) bond motifs is 1. The summed E-state index contributed by atoms with van der Waals surface area (Å²) in [5.74, 6) is 1.05. The van der Waals surface area contributed by atoms with Gasteiger partial charge in [-0.2, -0.15) is 0 Å². The van der Waals surface area contributed by atoms with Crippen molar-refractivity contribution in [3.63, 3.8) is 0 Å². The Morgan fingerprint density at radius 3 is 2.61 bits per heavy atom. The van der Waals surface area contributed by atoms with Crippen LogP contribution >= 0.6 is 0 Å². The molecule has 0 spiro atoms. The number of benzene rings is 1. The lowest BCUT2D eigenvalue weighted by molar-refractivity contribution is 0.368. The fourth-order valence-electron chi connectivity index (χ4n) is 2.55. The van der Waals surface area contributed by atoms with Gasteiger partial charge >= 0.3 is 0 Å². The fraction of sp³-hybridized carbons (Fsp3) is 0.375. The van der Waals surface area contributed by atoms with E-state index >= 15 is 0 Å². The molecule has 0 saturated heterocycles. The van der Waals surface area contributed by atoms with Crippen LogP contribution in [0.5, 0.6) is 0 Å². The second kappa shape index (κ2) is 4.29. The third kappa shape index (κ3) is 1.87. The molecule has 0 saturated carbocycles. The van der Waals surface area contributed by atoms with Crippen LogP contribution in [0.2, 0.25) is 0 Å². The number of rotatable bonds is 1. The lowest BCUT2D eigenvalue weighted by Gasteiger charge is -2.20. The third-order valence-electron chi connectivity index (χ3n) is 3.83. The highest BCUT2D eigenvalue weighted by Gasteiger charge is 2.15. The molecule has 1 aromatic carbocycles. The Morgan fingerprint density at radius 1 is 1.17 bits per heavy atom. The molecule has 0 fully saturated rings. The maximum absolute atomic E-state index is 6.07. The van der Waals surface area contributed by atoms with Gasteiger partial charge in [0.05, 0.1) is 0 Å². The predicted molar refractivity (Wildman–Crippen MR) is 75.8 cm³/mol. The maximum Gasteiger partial charge on any atom is 0.137 e. The SMILES string of the molecule is Cc1ccc(C)c2oc(C3=CCN(C)CC3)cc12. The monoisotopic (exact) mass is 241 g/mol. The standard InChI is InChI=1S/C16H19NO/c1-11-4-5-12(2)16-14(11)10-15(18-16)13-6-8-17(3)9-7-13/h4-6,10H,7-9H2,1-3H3. The molecule has 0 radical (unpaired) electrons. The van der Waals surface area contributed by atoms with Crippen molar-refractivity contribution < 1.29 is 4.42 Å². The molecule has 0 bridgehead atoms. The number of aryl methyl sites for hydroxylation is 2.